The minimum atomic E-state index is -0.869. The van der Waals surface area contributed by atoms with Crippen molar-refractivity contribution < 1.29 is 9.90 Å². The highest BCUT2D eigenvalue weighted by Gasteiger charge is 2.12. The lowest BCUT2D eigenvalue weighted by atomic mass is 9.96. The normalized spacial score (nSPS) is 10.3. The van der Waals surface area contributed by atoms with Gasteiger partial charge in [-0.05, 0) is 29.2 Å². The van der Waals surface area contributed by atoms with E-state index in [0.717, 1.165) is 29.5 Å². The molecule has 0 heterocycles. The van der Waals surface area contributed by atoms with Crippen LogP contribution in [0.5, 0.6) is 0 Å². The summed E-state index contributed by atoms with van der Waals surface area (Å²) in [5.41, 5.74) is 3.18. The zero-order valence-electron chi connectivity index (χ0n) is 10.4. The summed E-state index contributed by atoms with van der Waals surface area (Å²) in [6.07, 6.45) is 1.93. The second-order valence-electron chi connectivity index (χ2n) is 4.30. The molecule has 92 valence electrons. The van der Waals surface area contributed by atoms with E-state index in [9.17, 15) is 9.90 Å². The fourth-order valence-electron chi connectivity index (χ4n) is 2.08. The van der Waals surface area contributed by atoms with Gasteiger partial charge in [0.05, 0.1) is 5.56 Å². The Labute approximate surface area is 107 Å². The number of carbonyl (C=O) groups is 1. The fraction of sp³-hybridized carbons (Fsp3) is 0.188. The van der Waals surface area contributed by atoms with Gasteiger partial charge in [-0.3, -0.25) is 0 Å². The lowest BCUT2D eigenvalue weighted by Gasteiger charge is -2.08. The van der Waals surface area contributed by atoms with Gasteiger partial charge in [-0.2, -0.15) is 0 Å². The summed E-state index contributed by atoms with van der Waals surface area (Å²) < 4.78 is 0. The van der Waals surface area contributed by atoms with Crippen LogP contribution in [0.4, 0.5) is 0 Å². The number of aryl methyl sites for hydroxylation is 1. The smallest absolute Gasteiger partial charge is 0.336 e. The van der Waals surface area contributed by atoms with E-state index in [-0.39, 0.29) is 0 Å². The van der Waals surface area contributed by atoms with Crippen LogP contribution in [-0.2, 0) is 6.42 Å². The number of hydrogen-bond acceptors (Lipinski definition) is 1. The molecule has 2 nitrogen and oxygen atoms in total. The van der Waals surface area contributed by atoms with Crippen molar-refractivity contribution in [1.29, 1.82) is 0 Å². The Morgan fingerprint density at radius 3 is 2.44 bits per heavy atom. The Balaban J connectivity index is 2.51. The number of hydrogen-bond donors (Lipinski definition) is 1. The van der Waals surface area contributed by atoms with Crippen LogP contribution in [-0.4, -0.2) is 11.1 Å². The van der Waals surface area contributed by atoms with Gasteiger partial charge in [-0.25, -0.2) is 4.79 Å². The molecular formula is C16H16O2. The van der Waals surface area contributed by atoms with Crippen LogP contribution in [0, 0.1) is 0 Å². The molecule has 0 aromatic heterocycles. The topological polar surface area (TPSA) is 37.3 Å². The Morgan fingerprint density at radius 2 is 1.83 bits per heavy atom. The first-order valence-electron chi connectivity index (χ1n) is 6.14. The summed E-state index contributed by atoms with van der Waals surface area (Å²) in [6.45, 7) is 2.09. The predicted octanol–water partition coefficient (Wildman–Crippen LogP) is 4.00. The van der Waals surface area contributed by atoms with Crippen molar-refractivity contribution in [2.24, 2.45) is 0 Å². The molecule has 18 heavy (non-hydrogen) atoms. The maximum atomic E-state index is 11.4. The van der Waals surface area contributed by atoms with Crippen LogP contribution < -0.4 is 0 Å². The van der Waals surface area contributed by atoms with E-state index in [0.29, 0.717) is 5.56 Å². The molecule has 0 fully saturated rings. The molecule has 2 aromatic carbocycles. The Hall–Kier alpha value is -2.09. The fourth-order valence-corrected chi connectivity index (χ4v) is 2.08. The van der Waals surface area contributed by atoms with Crippen molar-refractivity contribution >= 4 is 5.97 Å². The molecule has 0 aliphatic carbocycles. The van der Waals surface area contributed by atoms with Crippen LogP contribution in [0.15, 0.2) is 48.5 Å². The van der Waals surface area contributed by atoms with E-state index >= 15 is 0 Å². The first-order valence-corrected chi connectivity index (χ1v) is 6.14. The largest absolute Gasteiger partial charge is 0.478 e. The molecule has 0 aliphatic heterocycles. The van der Waals surface area contributed by atoms with E-state index in [4.69, 9.17) is 0 Å². The molecule has 0 radical (unpaired) electrons. The first-order chi connectivity index (χ1) is 8.72. The van der Waals surface area contributed by atoms with Gasteiger partial charge in [0.1, 0.15) is 0 Å². The molecule has 2 rings (SSSR count). The molecule has 0 spiro atoms. The van der Waals surface area contributed by atoms with Crippen molar-refractivity contribution in [1.82, 2.24) is 0 Å². The molecule has 0 saturated heterocycles. The second kappa shape index (κ2) is 5.50. The molecule has 0 saturated carbocycles. The highest BCUT2D eigenvalue weighted by Crippen LogP contribution is 2.25. The summed E-state index contributed by atoms with van der Waals surface area (Å²) in [4.78, 5) is 11.4. The van der Waals surface area contributed by atoms with Gasteiger partial charge in [0.25, 0.3) is 0 Å². The number of carboxylic acid groups (broad SMARTS) is 1. The summed E-state index contributed by atoms with van der Waals surface area (Å²) in [7, 11) is 0. The first kappa shape index (κ1) is 12.4. The average molecular weight is 240 g/mol. The van der Waals surface area contributed by atoms with Crippen molar-refractivity contribution in [3.05, 3.63) is 59.7 Å². The standard InChI is InChI=1S/C16H16O2/c1-2-6-12-9-10-14(15(11-12)16(17)18)13-7-4-3-5-8-13/h3-5,7-11H,2,6H2,1H3,(H,17,18). The number of aromatic carboxylic acids is 1. The SMILES string of the molecule is CCCc1ccc(-c2ccccc2)c(C(=O)O)c1. The van der Waals surface area contributed by atoms with Crippen molar-refractivity contribution in [2.75, 3.05) is 0 Å². The third-order valence-electron chi connectivity index (χ3n) is 2.94. The van der Waals surface area contributed by atoms with Gasteiger partial charge in [-0.15, -0.1) is 0 Å². The molecular weight excluding hydrogens is 224 g/mol. The highest BCUT2D eigenvalue weighted by atomic mass is 16.4. The molecule has 2 aromatic rings. The Bertz CT molecular complexity index is 544. The predicted molar refractivity (Wildman–Crippen MR) is 72.8 cm³/mol. The zero-order valence-corrected chi connectivity index (χ0v) is 10.4. The third-order valence-corrected chi connectivity index (χ3v) is 2.94. The van der Waals surface area contributed by atoms with Gasteiger partial charge in [0.2, 0.25) is 0 Å². The average Bonchev–Trinajstić information content (AvgIpc) is 2.40. The summed E-state index contributed by atoms with van der Waals surface area (Å²) in [5, 5.41) is 9.32. The van der Waals surface area contributed by atoms with Crippen molar-refractivity contribution in [3.63, 3.8) is 0 Å². The summed E-state index contributed by atoms with van der Waals surface area (Å²) in [6, 6.07) is 15.3. The van der Waals surface area contributed by atoms with E-state index in [1.165, 1.54) is 0 Å². The molecule has 1 N–H and O–H groups in total. The molecule has 2 heteroatoms. The summed E-state index contributed by atoms with van der Waals surface area (Å²) >= 11 is 0. The summed E-state index contributed by atoms with van der Waals surface area (Å²) in [5.74, 6) is -0.869. The van der Waals surface area contributed by atoms with Crippen LogP contribution in [0.3, 0.4) is 0 Å². The van der Waals surface area contributed by atoms with E-state index in [2.05, 4.69) is 6.92 Å². The lowest BCUT2D eigenvalue weighted by molar-refractivity contribution is 0.0697. The van der Waals surface area contributed by atoms with Gasteiger partial charge in [0.15, 0.2) is 0 Å². The number of benzene rings is 2. The van der Waals surface area contributed by atoms with Gasteiger partial charge in [-0.1, -0.05) is 55.8 Å². The molecule has 0 amide bonds. The Morgan fingerprint density at radius 1 is 1.11 bits per heavy atom. The lowest BCUT2D eigenvalue weighted by Crippen LogP contribution is -2.01. The van der Waals surface area contributed by atoms with E-state index in [1.807, 2.05) is 42.5 Å². The van der Waals surface area contributed by atoms with Crippen LogP contribution in [0.1, 0.15) is 29.3 Å². The van der Waals surface area contributed by atoms with Crippen LogP contribution >= 0.6 is 0 Å². The zero-order chi connectivity index (χ0) is 13.0. The van der Waals surface area contributed by atoms with Gasteiger partial charge >= 0.3 is 5.97 Å². The maximum Gasteiger partial charge on any atom is 0.336 e. The minimum Gasteiger partial charge on any atom is -0.478 e. The molecule has 0 atom stereocenters. The molecule has 0 unspecified atom stereocenters. The van der Waals surface area contributed by atoms with Gasteiger partial charge < -0.3 is 5.11 Å². The molecule has 0 aliphatic rings. The highest BCUT2D eigenvalue weighted by molar-refractivity contribution is 5.96. The van der Waals surface area contributed by atoms with E-state index in [1.54, 1.807) is 6.07 Å². The van der Waals surface area contributed by atoms with Crippen LogP contribution in [0.25, 0.3) is 11.1 Å². The van der Waals surface area contributed by atoms with Crippen LogP contribution in [0.2, 0.25) is 0 Å². The molecule has 0 bridgehead atoms. The van der Waals surface area contributed by atoms with Gasteiger partial charge in [0, 0.05) is 0 Å². The van der Waals surface area contributed by atoms with E-state index < -0.39 is 5.97 Å². The third kappa shape index (κ3) is 2.59. The quantitative estimate of drug-likeness (QED) is 0.876. The maximum absolute atomic E-state index is 11.4. The minimum absolute atomic E-state index is 0.382. The number of rotatable bonds is 4. The number of carboxylic acids is 1. The second-order valence-corrected chi connectivity index (χ2v) is 4.30. The van der Waals surface area contributed by atoms with Crippen molar-refractivity contribution in [3.8, 4) is 11.1 Å². The monoisotopic (exact) mass is 240 g/mol. The van der Waals surface area contributed by atoms with Crippen molar-refractivity contribution in [2.45, 2.75) is 19.8 Å². The Kier molecular flexibility index (Phi) is 3.78.